The van der Waals surface area contributed by atoms with Crippen molar-refractivity contribution in [1.82, 2.24) is 19.8 Å². The molecule has 0 spiro atoms. The molecule has 2 saturated heterocycles. The van der Waals surface area contributed by atoms with Crippen molar-refractivity contribution in [1.29, 1.82) is 0 Å². The van der Waals surface area contributed by atoms with E-state index in [0.29, 0.717) is 40.4 Å². The molecule has 2 aromatic heterocycles. The molecule has 0 radical (unpaired) electrons. The van der Waals surface area contributed by atoms with Crippen LogP contribution in [0.4, 0.5) is 5.13 Å². The lowest BCUT2D eigenvalue weighted by atomic mass is 9.75. The van der Waals surface area contributed by atoms with Crippen molar-refractivity contribution in [2.75, 3.05) is 44.6 Å². The third kappa shape index (κ3) is 9.80. The highest BCUT2D eigenvalue weighted by Crippen LogP contribution is 2.36. The molecule has 2 aromatic rings. The van der Waals surface area contributed by atoms with Crippen LogP contribution in [0, 0.1) is 29.6 Å². The molecule has 2 aliphatic heterocycles. The summed E-state index contributed by atoms with van der Waals surface area (Å²) in [4.78, 5) is 39.4. The van der Waals surface area contributed by atoms with Gasteiger partial charge in [-0.1, -0.05) is 59.3 Å². The number of likely N-dealkylation sites (tertiary alicyclic amines) is 2. The Morgan fingerprint density at radius 3 is 2.48 bits per heavy atom. The van der Waals surface area contributed by atoms with Gasteiger partial charge in [0.05, 0.1) is 28.5 Å². The van der Waals surface area contributed by atoms with Gasteiger partial charge in [0.2, 0.25) is 17.7 Å². The predicted octanol–water partition coefficient (Wildman–Crippen LogP) is 7.09. The second kappa shape index (κ2) is 16.0. The van der Waals surface area contributed by atoms with E-state index in [1.165, 1.54) is 24.2 Å². The first-order chi connectivity index (χ1) is 21.9. The minimum Gasteiger partial charge on any atom is -0.444 e. The number of nitrogens with one attached hydrogen (secondary N) is 1. The predicted molar refractivity (Wildman–Crippen MR) is 185 cm³/mol. The van der Waals surface area contributed by atoms with Crippen LogP contribution in [0.2, 0.25) is 0 Å². The van der Waals surface area contributed by atoms with Crippen molar-refractivity contribution < 1.29 is 18.7 Å². The number of amides is 2. The summed E-state index contributed by atoms with van der Waals surface area (Å²) < 4.78 is 13.2. The molecule has 9 nitrogen and oxygen atoms in total. The summed E-state index contributed by atoms with van der Waals surface area (Å²) in [6.07, 6.45) is 11.2. The Balaban J connectivity index is 0.968. The Morgan fingerprint density at radius 1 is 1.07 bits per heavy atom. The highest BCUT2D eigenvalue weighted by Gasteiger charge is 2.33. The van der Waals surface area contributed by atoms with Crippen molar-refractivity contribution >= 4 is 40.0 Å². The second-order valence-electron chi connectivity index (χ2n) is 15.2. The maximum Gasteiger partial charge on any atom is 0.248 e. The number of nitrogens with zero attached hydrogens (tertiary/aromatic N) is 4. The number of oxazole rings is 1. The number of hydrogen-bond acceptors (Lipinski definition) is 9. The van der Waals surface area contributed by atoms with Crippen LogP contribution in [-0.2, 0) is 25.5 Å². The fraction of sp³-hybridized carbons (Fsp3) is 0.771. The Bertz CT molecular complexity index is 1270. The standard InChI is InChI=1S/C35H55N5O4S2/c1-23(2)27-8-7-24(3)17-28(27)43-21-31(41)40-15-9-25(10-16-40)20-39-13-11-26(12-14-39)33(42)38-34-37-19-32(46-34)45-22-30-36-18-29(44-30)35(4,5)6/h18-19,23-28H,7-17,20-22H2,1-6H3,(H,37,38,42)/t24-,27+,28-/m1/s1. The number of rotatable bonds is 11. The molecule has 1 N–H and O–H groups in total. The van der Waals surface area contributed by atoms with E-state index in [1.54, 1.807) is 11.8 Å². The Labute approximate surface area is 284 Å². The maximum absolute atomic E-state index is 13.0. The topological polar surface area (TPSA) is 101 Å². The Kier molecular flexibility index (Phi) is 12.3. The molecule has 3 fully saturated rings. The van der Waals surface area contributed by atoms with E-state index in [2.05, 4.69) is 61.7 Å². The zero-order chi connectivity index (χ0) is 32.8. The van der Waals surface area contributed by atoms with Crippen molar-refractivity contribution in [2.45, 2.75) is 108 Å². The molecular formula is C35H55N5O4S2. The maximum atomic E-state index is 13.0. The van der Waals surface area contributed by atoms with Gasteiger partial charge in [0.1, 0.15) is 12.4 Å². The monoisotopic (exact) mass is 673 g/mol. The number of aromatic nitrogens is 2. The minimum atomic E-state index is -0.0614. The quantitative estimate of drug-likeness (QED) is 0.253. The normalized spacial score (nSPS) is 24.1. The molecule has 11 heteroatoms. The zero-order valence-electron chi connectivity index (χ0n) is 28.8. The lowest BCUT2D eigenvalue weighted by Crippen LogP contribution is -2.45. The molecule has 3 aliphatic rings. The summed E-state index contributed by atoms with van der Waals surface area (Å²) in [7, 11) is 0. The SMILES string of the molecule is CC(C)[C@@H]1CC[C@@H](C)C[C@H]1OCC(=O)N1CCC(CN2CCC(C(=O)Nc3ncc(SCc4ncc(C(C)(C)C)o4)s3)CC2)CC1. The van der Waals surface area contributed by atoms with Crippen molar-refractivity contribution in [3.05, 3.63) is 24.0 Å². The molecule has 3 atom stereocenters. The molecule has 0 aromatic carbocycles. The summed E-state index contributed by atoms with van der Waals surface area (Å²) in [5.74, 6) is 4.90. The number of piperidine rings is 2. The summed E-state index contributed by atoms with van der Waals surface area (Å²) in [6.45, 7) is 18.0. The van der Waals surface area contributed by atoms with Crippen LogP contribution in [0.15, 0.2) is 21.0 Å². The largest absolute Gasteiger partial charge is 0.444 e. The number of thiazole rings is 1. The van der Waals surface area contributed by atoms with Gasteiger partial charge in [0.15, 0.2) is 5.13 Å². The summed E-state index contributed by atoms with van der Waals surface area (Å²) >= 11 is 3.12. The first-order valence-electron chi connectivity index (χ1n) is 17.4. The Morgan fingerprint density at radius 2 is 1.80 bits per heavy atom. The van der Waals surface area contributed by atoms with Crippen LogP contribution in [-0.4, -0.2) is 77.0 Å². The van der Waals surface area contributed by atoms with Gasteiger partial charge in [-0.25, -0.2) is 9.97 Å². The molecule has 256 valence electrons. The lowest BCUT2D eigenvalue weighted by molar-refractivity contribution is -0.143. The molecule has 2 amide bonds. The highest BCUT2D eigenvalue weighted by atomic mass is 32.2. The zero-order valence-corrected chi connectivity index (χ0v) is 30.4. The summed E-state index contributed by atoms with van der Waals surface area (Å²) in [5.41, 5.74) is -0.0614. The highest BCUT2D eigenvalue weighted by molar-refractivity contribution is 8.00. The molecule has 0 bridgehead atoms. The van der Waals surface area contributed by atoms with Gasteiger partial charge < -0.3 is 24.3 Å². The summed E-state index contributed by atoms with van der Waals surface area (Å²) in [6, 6.07) is 0. The number of anilines is 1. The van der Waals surface area contributed by atoms with Crippen molar-refractivity contribution in [3.63, 3.8) is 0 Å². The van der Waals surface area contributed by atoms with Crippen molar-refractivity contribution in [2.24, 2.45) is 29.6 Å². The van der Waals surface area contributed by atoms with Crippen LogP contribution < -0.4 is 5.32 Å². The molecule has 1 saturated carbocycles. The van der Waals surface area contributed by atoms with Crippen molar-refractivity contribution in [3.8, 4) is 0 Å². The number of carbonyl (C=O) groups excluding carboxylic acids is 2. The number of carbonyl (C=O) groups is 2. The number of thioether (sulfide) groups is 1. The minimum absolute atomic E-state index is 0.0151. The molecule has 5 rings (SSSR count). The average Bonchev–Trinajstić information content (AvgIpc) is 3.69. The first kappa shape index (κ1) is 35.4. The van der Waals surface area contributed by atoms with Gasteiger partial charge >= 0.3 is 0 Å². The van der Waals surface area contributed by atoms with Gasteiger partial charge in [0, 0.05) is 31.0 Å². The van der Waals surface area contributed by atoms with Crippen LogP contribution in [0.3, 0.4) is 0 Å². The molecule has 1 aliphatic carbocycles. The molecule has 46 heavy (non-hydrogen) atoms. The van der Waals surface area contributed by atoms with E-state index in [1.807, 2.05) is 17.3 Å². The summed E-state index contributed by atoms with van der Waals surface area (Å²) in [5, 5.41) is 3.71. The first-order valence-corrected chi connectivity index (χ1v) is 19.2. The smallest absolute Gasteiger partial charge is 0.248 e. The van der Waals surface area contributed by atoms with Gasteiger partial charge in [0.25, 0.3) is 0 Å². The van der Waals surface area contributed by atoms with E-state index in [4.69, 9.17) is 9.15 Å². The van der Waals surface area contributed by atoms with Crippen LogP contribution in [0.5, 0.6) is 0 Å². The molecular weight excluding hydrogens is 619 g/mol. The fourth-order valence-corrected chi connectivity index (χ4v) is 8.86. The van der Waals surface area contributed by atoms with Gasteiger partial charge in [-0.3, -0.25) is 9.59 Å². The lowest BCUT2D eigenvalue weighted by Gasteiger charge is -2.39. The Hall–Kier alpha value is -1.95. The second-order valence-corrected chi connectivity index (χ2v) is 17.5. The van der Waals surface area contributed by atoms with Gasteiger partial charge in [-0.05, 0) is 75.3 Å². The number of hydrogen-bond donors (Lipinski definition) is 1. The third-order valence-corrected chi connectivity index (χ3v) is 12.3. The van der Waals surface area contributed by atoms with E-state index in [9.17, 15) is 9.59 Å². The molecule has 4 heterocycles. The van der Waals surface area contributed by atoms with E-state index in [-0.39, 0.29) is 35.9 Å². The van der Waals surface area contributed by atoms with Crippen LogP contribution in [0.25, 0.3) is 0 Å². The van der Waals surface area contributed by atoms with Crippen LogP contribution in [0.1, 0.15) is 98.1 Å². The van der Waals surface area contributed by atoms with Gasteiger partial charge in [-0.2, -0.15) is 0 Å². The van der Waals surface area contributed by atoms with Crippen LogP contribution >= 0.6 is 23.1 Å². The van der Waals surface area contributed by atoms with Gasteiger partial charge in [-0.15, -0.1) is 11.8 Å². The van der Waals surface area contributed by atoms with E-state index >= 15 is 0 Å². The number of ether oxygens (including phenoxy) is 1. The van der Waals surface area contributed by atoms with E-state index < -0.39 is 0 Å². The van der Waals surface area contributed by atoms with E-state index in [0.717, 1.165) is 74.8 Å². The molecule has 0 unspecified atom stereocenters. The fourth-order valence-electron chi connectivity index (χ4n) is 7.13. The third-order valence-electron chi connectivity index (χ3n) is 10.2. The average molecular weight is 674 g/mol.